The van der Waals surface area contributed by atoms with Crippen LogP contribution in [-0.4, -0.2) is 25.3 Å². The number of nitrogens with two attached hydrogens (primary N) is 2. The fourth-order valence-electron chi connectivity index (χ4n) is 0.384. The van der Waals surface area contributed by atoms with E-state index in [1.807, 2.05) is 6.92 Å². The molecule has 0 unspecified atom stereocenters. The molecule has 0 heterocycles. The van der Waals surface area contributed by atoms with Crippen LogP contribution in [-0.2, 0) is 0 Å². The highest BCUT2D eigenvalue weighted by molar-refractivity contribution is 5.85. The molecule has 11 heavy (non-hydrogen) atoms. The van der Waals surface area contributed by atoms with Gasteiger partial charge in [0.15, 0.2) is 0 Å². The summed E-state index contributed by atoms with van der Waals surface area (Å²) in [6.45, 7) is 3.26. The molecular formula is C6H15ClN4. The van der Waals surface area contributed by atoms with Gasteiger partial charge < -0.3 is 11.5 Å². The summed E-state index contributed by atoms with van der Waals surface area (Å²) < 4.78 is 0. The minimum absolute atomic E-state index is 0. The van der Waals surface area contributed by atoms with Gasteiger partial charge in [-0.2, -0.15) is 0 Å². The summed E-state index contributed by atoms with van der Waals surface area (Å²) in [5, 5.41) is 0. The minimum atomic E-state index is -0.271. The van der Waals surface area contributed by atoms with E-state index in [-0.39, 0.29) is 18.6 Å². The second kappa shape index (κ2) is 9.59. The van der Waals surface area contributed by atoms with Crippen molar-refractivity contribution in [2.24, 2.45) is 21.5 Å². The fourth-order valence-corrected chi connectivity index (χ4v) is 0.384. The zero-order valence-corrected chi connectivity index (χ0v) is 7.47. The number of halogens is 1. The molecule has 0 amide bonds. The number of hydrogen-bond donors (Lipinski definition) is 2. The van der Waals surface area contributed by atoms with Crippen molar-refractivity contribution in [2.75, 3.05) is 13.1 Å². The van der Waals surface area contributed by atoms with Gasteiger partial charge in [0, 0.05) is 6.54 Å². The summed E-state index contributed by atoms with van der Waals surface area (Å²) in [5.74, 6) is 0. The number of aliphatic imine (C=N–C) groups is 2. The largest absolute Gasteiger partial charge is 0.316 e. The molecule has 0 aromatic carbocycles. The summed E-state index contributed by atoms with van der Waals surface area (Å²) >= 11 is 0. The average Bonchev–Trinajstić information content (AvgIpc) is 1.87. The molecule has 0 aliphatic heterocycles. The van der Waals surface area contributed by atoms with E-state index in [4.69, 9.17) is 11.5 Å². The topological polar surface area (TPSA) is 76.8 Å². The first-order chi connectivity index (χ1) is 4.77. The van der Waals surface area contributed by atoms with Gasteiger partial charge in [0.25, 0.3) is 0 Å². The van der Waals surface area contributed by atoms with Crippen molar-refractivity contribution in [1.82, 2.24) is 0 Å². The SMILES string of the molecule is CCN=C=NCCC(N)N.Cl. The maximum absolute atomic E-state index is 5.27. The molecule has 0 spiro atoms. The summed E-state index contributed by atoms with van der Waals surface area (Å²) in [6, 6.07) is 2.53. The Labute approximate surface area is 73.2 Å². The van der Waals surface area contributed by atoms with E-state index in [1.54, 1.807) is 0 Å². The molecule has 0 radical (unpaired) electrons. The van der Waals surface area contributed by atoms with Crippen LogP contribution in [0.5, 0.6) is 0 Å². The molecule has 0 fully saturated rings. The third-order valence-corrected chi connectivity index (χ3v) is 0.874. The van der Waals surface area contributed by atoms with Gasteiger partial charge in [-0.3, -0.25) is 0 Å². The highest BCUT2D eigenvalue weighted by Crippen LogP contribution is 1.78. The monoisotopic (exact) mass is 178 g/mol. The molecule has 0 aromatic rings. The minimum Gasteiger partial charge on any atom is -0.316 e. The van der Waals surface area contributed by atoms with Crippen LogP contribution in [0.25, 0.3) is 0 Å². The van der Waals surface area contributed by atoms with Gasteiger partial charge in [-0.05, 0) is 13.3 Å². The van der Waals surface area contributed by atoms with E-state index < -0.39 is 0 Å². The predicted molar refractivity (Wildman–Crippen MR) is 49.3 cm³/mol. The second-order valence-electron chi connectivity index (χ2n) is 1.91. The molecule has 0 atom stereocenters. The van der Waals surface area contributed by atoms with Crippen molar-refractivity contribution in [3.8, 4) is 0 Å². The van der Waals surface area contributed by atoms with Crippen molar-refractivity contribution in [3.05, 3.63) is 0 Å². The molecule has 0 saturated carbocycles. The molecule has 0 bridgehead atoms. The molecule has 4 N–H and O–H groups in total. The predicted octanol–water partition coefficient (Wildman–Crippen LogP) is 0.236. The van der Waals surface area contributed by atoms with Crippen LogP contribution in [0.4, 0.5) is 0 Å². The Balaban J connectivity index is 0. The van der Waals surface area contributed by atoms with E-state index in [0.29, 0.717) is 13.0 Å². The van der Waals surface area contributed by atoms with E-state index in [9.17, 15) is 0 Å². The fraction of sp³-hybridized carbons (Fsp3) is 0.833. The summed E-state index contributed by atoms with van der Waals surface area (Å²) in [4.78, 5) is 7.59. The Hall–Kier alpha value is -0.410. The second-order valence-corrected chi connectivity index (χ2v) is 1.91. The third-order valence-electron chi connectivity index (χ3n) is 0.874. The number of hydrogen-bond acceptors (Lipinski definition) is 4. The van der Waals surface area contributed by atoms with Crippen LogP contribution >= 0.6 is 12.4 Å². The molecular weight excluding hydrogens is 164 g/mol. The highest BCUT2D eigenvalue weighted by Gasteiger charge is 1.88. The lowest BCUT2D eigenvalue weighted by Gasteiger charge is -1.97. The van der Waals surface area contributed by atoms with Crippen LogP contribution in [0.15, 0.2) is 9.98 Å². The van der Waals surface area contributed by atoms with E-state index in [2.05, 4.69) is 16.0 Å². The highest BCUT2D eigenvalue weighted by atomic mass is 35.5. The lowest BCUT2D eigenvalue weighted by molar-refractivity contribution is 0.650. The number of rotatable bonds is 4. The maximum atomic E-state index is 5.27. The lowest BCUT2D eigenvalue weighted by Crippen LogP contribution is -2.30. The van der Waals surface area contributed by atoms with Crippen molar-refractivity contribution >= 4 is 18.4 Å². The van der Waals surface area contributed by atoms with Crippen LogP contribution in [0, 0.1) is 0 Å². The standard InChI is InChI=1S/C6H14N4.ClH/c1-2-9-5-10-4-3-6(7)8;/h6H,2-4,7-8H2,1H3;1H. The van der Waals surface area contributed by atoms with Gasteiger partial charge in [-0.25, -0.2) is 9.98 Å². The Morgan fingerprint density at radius 2 is 2.00 bits per heavy atom. The molecule has 5 heteroatoms. The first-order valence-electron chi connectivity index (χ1n) is 3.36. The molecule has 0 aliphatic carbocycles. The molecule has 0 saturated heterocycles. The average molecular weight is 179 g/mol. The van der Waals surface area contributed by atoms with Crippen LogP contribution in [0.2, 0.25) is 0 Å². The van der Waals surface area contributed by atoms with Crippen LogP contribution in [0.3, 0.4) is 0 Å². The van der Waals surface area contributed by atoms with E-state index >= 15 is 0 Å². The zero-order valence-electron chi connectivity index (χ0n) is 6.66. The first kappa shape index (κ1) is 13.2. The van der Waals surface area contributed by atoms with E-state index in [1.165, 1.54) is 0 Å². The first-order valence-corrected chi connectivity index (χ1v) is 3.36. The Kier molecular flexibility index (Phi) is 11.5. The maximum Gasteiger partial charge on any atom is 0.0892 e. The Morgan fingerprint density at radius 3 is 2.45 bits per heavy atom. The van der Waals surface area contributed by atoms with Gasteiger partial charge in [0.05, 0.1) is 18.7 Å². The summed E-state index contributed by atoms with van der Waals surface area (Å²) in [5.41, 5.74) is 10.5. The molecule has 0 aromatic heterocycles. The Morgan fingerprint density at radius 1 is 1.36 bits per heavy atom. The molecule has 4 nitrogen and oxygen atoms in total. The Bertz CT molecular complexity index is 129. The van der Waals surface area contributed by atoms with Crippen molar-refractivity contribution in [1.29, 1.82) is 0 Å². The normalized spacial score (nSPS) is 8.36. The molecule has 0 rings (SSSR count). The van der Waals surface area contributed by atoms with Crippen molar-refractivity contribution in [3.63, 3.8) is 0 Å². The smallest absolute Gasteiger partial charge is 0.0892 e. The van der Waals surface area contributed by atoms with Gasteiger partial charge >= 0.3 is 0 Å². The van der Waals surface area contributed by atoms with Gasteiger partial charge in [0.1, 0.15) is 0 Å². The lowest BCUT2D eigenvalue weighted by atomic mass is 10.4. The van der Waals surface area contributed by atoms with E-state index in [0.717, 1.165) is 6.54 Å². The van der Waals surface area contributed by atoms with Gasteiger partial charge in [-0.15, -0.1) is 12.4 Å². The van der Waals surface area contributed by atoms with Crippen LogP contribution in [0.1, 0.15) is 13.3 Å². The summed E-state index contributed by atoms with van der Waals surface area (Å²) in [6.07, 6.45) is 0.416. The molecule has 66 valence electrons. The summed E-state index contributed by atoms with van der Waals surface area (Å²) in [7, 11) is 0. The zero-order chi connectivity index (χ0) is 7.82. The van der Waals surface area contributed by atoms with Gasteiger partial charge in [0.2, 0.25) is 0 Å². The molecule has 0 aliphatic rings. The quantitative estimate of drug-likeness (QED) is 0.478. The third kappa shape index (κ3) is 12.7. The van der Waals surface area contributed by atoms with Crippen LogP contribution < -0.4 is 11.5 Å². The van der Waals surface area contributed by atoms with Crippen molar-refractivity contribution < 1.29 is 0 Å². The number of nitrogens with zero attached hydrogens (tertiary/aromatic N) is 2. The van der Waals surface area contributed by atoms with Gasteiger partial charge in [-0.1, -0.05) is 0 Å². The van der Waals surface area contributed by atoms with Crippen molar-refractivity contribution in [2.45, 2.75) is 19.5 Å².